The van der Waals surface area contributed by atoms with Crippen molar-refractivity contribution in [3.05, 3.63) is 36.2 Å². The van der Waals surface area contributed by atoms with Gasteiger partial charge in [0, 0.05) is 31.5 Å². The van der Waals surface area contributed by atoms with E-state index in [1.54, 1.807) is 4.90 Å². The number of rotatable bonds is 5. The maximum Gasteiger partial charge on any atom is 0.308 e. The number of hydrogen-bond acceptors (Lipinski definition) is 5. The van der Waals surface area contributed by atoms with Gasteiger partial charge in [0.15, 0.2) is 0 Å². The highest BCUT2D eigenvalue weighted by Crippen LogP contribution is 2.19. The van der Waals surface area contributed by atoms with Gasteiger partial charge in [-0.15, -0.1) is 10.2 Å². The Morgan fingerprint density at radius 3 is 2.79 bits per heavy atom. The van der Waals surface area contributed by atoms with Gasteiger partial charge in [-0.05, 0) is 25.0 Å². The van der Waals surface area contributed by atoms with Gasteiger partial charge in [-0.2, -0.15) is 0 Å². The van der Waals surface area contributed by atoms with Gasteiger partial charge in [0.1, 0.15) is 0 Å². The summed E-state index contributed by atoms with van der Waals surface area (Å²) in [5, 5.41) is 17.0. The second-order valence-corrected chi connectivity index (χ2v) is 5.88. The van der Waals surface area contributed by atoms with E-state index in [0.29, 0.717) is 31.2 Å². The summed E-state index contributed by atoms with van der Waals surface area (Å²) in [6.07, 6.45) is 1.94. The van der Waals surface area contributed by atoms with E-state index in [9.17, 15) is 9.59 Å². The van der Waals surface area contributed by atoms with Crippen LogP contribution < -0.4 is 0 Å². The molecule has 24 heavy (non-hydrogen) atoms. The van der Waals surface area contributed by atoms with Crippen molar-refractivity contribution in [2.24, 2.45) is 5.92 Å². The molecule has 0 unspecified atom stereocenters. The molecule has 7 heteroatoms. The molecule has 1 saturated heterocycles. The van der Waals surface area contributed by atoms with Crippen LogP contribution in [0.4, 0.5) is 0 Å². The smallest absolute Gasteiger partial charge is 0.308 e. The number of carbonyl (C=O) groups is 2. The Morgan fingerprint density at radius 1 is 1.25 bits per heavy atom. The standard InChI is InChI=1S/C17H19N3O4/c21-15(20-10-4-7-13(11-20)17(22)23)9-8-14-18-19-16(24-14)12-5-2-1-3-6-12/h1-3,5-6,13H,4,7-11H2,(H,22,23)/t13-/m0/s1. The molecule has 1 fully saturated rings. The molecule has 0 bridgehead atoms. The number of likely N-dealkylation sites (tertiary alicyclic amines) is 1. The van der Waals surface area contributed by atoms with E-state index in [4.69, 9.17) is 9.52 Å². The number of carbonyl (C=O) groups excluding carboxylic acids is 1. The summed E-state index contributed by atoms with van der Waals surface area (Å²) in [7, 11) is 0. The third-order valence-electron chi connectivity index (χ3n) is 4.16. The minimum Gasteiger partial charge on any atom is -0.481 e. The van der Waals surface area contributed by atoms with E-state index >= 15 is 0 Å². The molecule has 0 radical (unpaired) electrons. The number of hydrogen-bond donors (Lipinski definition) is 1. The zero-order valence-electron chi connectivity index (χ0n) is 13.2. The first-order valence-electron chi connectivity index (χ1n) is 8.02. The van der Waals surface area contributed by atoms with Gasteiger partial charge in [0.2, 0.25) is 17.7 Å². The number of nitrogens with zero attached hydrogens (tertiary/aromatic N) is 3. The Hall–Kier alpha value is -2.70. The van der Waals surface area contributed by atoms with Gasteiger partial charge < -0.3 is 14.4 Å². The van der Waals surface area contributed by atoms with E-state index in [-0.39, 0.29) is 18.9 Å². The quantitative estimate of drug-likeness (QED) is 0.901. The highest BCUT2D eigenvalue weighted by Gasteiger charge is 2.28. The predicted octanol–water partition coefficient (Wildman–Crippen LogP) is 1.99. The Morgan fingerprint density at radius 2 is 2.04 bits per heavy atom. The van der Waals surface area contributed by atoms with Crippen LogP contribution in [0.3, 0.4) is 0 Å². The third kappa shape index (κ3) is 3.79. The molecule has 1 aliphatic heterocycles. The minimum atomic E-state index is -0.836. The number of benzene rings is 1. The molecule has 1 amide bonds. The molecule has 1 atom stereocenters. The minimum absolute atomic E-state index is 0.0691. The Labute approximate surface area is 139 Å². The number of amides is 1. The molecule has 126 valence electrons. The van der Waals surface area contributed by atoms with Gasteiger partial charge >= 0.3 is 5.97 Å². The van der Waals surface area contributed by atoms with Crippen molar-refractivity contribution < 1.29 is 19.1 Å². The normalized spacial score (nSPS) is 17.7. The molecule has 2 heterocycles. The van der Waals surface area contributed by atoms with Crippen LogP contribution in [0.25, 0.3) is 11.5 Å². The van der Waals surface area contributed by atoms with Crippen molar-refractivity contribution in [2.45, 2.75) is 25.7 Å². The summed E-state index contributed by atoms with van der Waals surface area (Å²) in [5.74, 6) is -0.524. The fourth-order valence-electron chi connectivity index (χ4n) is 2.83. The van der Waals surface area contributed by atoms with E-state index in [1.165, 1.54) is 0 Å². The third-order valence-corrected chi connectivity index (χ3v) is 4.16. The van der Waals surface area contributed by atoms with E-state index in [0.717, 1.165) is 12.0 Å². The first kappa shape index (κ1) is 16.2. The number of piperidine rings is 1. The van der Waals surface area contributed by atoms with Gasteiger partial charge in [0.25, 0.3) is 0 Å². The first-order valence-corrected chi connectivity index (χ1v) is 8.02. The van der Waals surface area contributed by atoms with Crippen LogP contribution >= 0.6 is 0 Å². The lowest BCUT2D eigenvalue weighted by molar-refractivity contribution is -0.145. The van der Waals surface area contributed by atoms with Crippen molar-refractivity contribution in [1.82, 2.24) is 15.1 Å². The first-order chi connectivity index (χ1) is 11.6. The molecular weight excluding hydrogens is 310 g/mol. The van der Waals surface area contributed by atoms with Crippen molar-refractivity contribution in [3.8, 4) is 11.5 Å². The fraction of sp³-hybridized carbons (Fsp3) is 0.412. The van der Waals surface area contributed by atoms with Crippen molar-refractivity contribution in [3.63, 3.8) is 0 Å². The zero-order valence-corrected chi connectivity index (χ0v) is 13.2. The number of aryl methyl sites for hydroxylation is 1. The van der Waals surface area contributed by atoms with Gasteiger partial charge in [0.05, 0.1) is 5.92 Å². The molecule has 3 rings (SSSR count). The number of carboxylic acid groups (broad SMARTS) is 1. The molecule has 0 aliphatic carbocycles. The molecule has 0 saturated carbocycles. The maximum absolute atomic E-state index is 12.3. The van der Waals surface area contributed by atoms with E-state index < -0.39 is 11.9 Å². The largest absolute Gasteiger partial charge is 0.481 e. The van der Waals surface area contributed by atoms with Crippen LogP contribution in [-0.2, 0) is 16.0 Å². The predicted molar refractivity (Wildman–Crippen MR) is 85.0 cm³/mol. The average molecular weight is 329 g/mol. The zero-order chi connectivity index (χ0) is 16.9. The number of carboxylic acids is 1. The lowest BCUT2D eigenvalue weighted by Crippen LogP contribution is -2.42. The van der Waals surface area contributed by atoms with Crippen LogP contribution in [-0.4, -0.2) is 45.2 Å². The lowest BCUT2D eigenvalue weighted by atomic mass is 9.98. The highest BCUT2D eigenvalue weighted by atomic mass is 16.4. The van der Waals surface area contributed by atoms with Crippen molar-refractivity contribution in [1.29, 1.82) is 0 Å². The molecule has 7 nitrogen and oxygen atoms in total. The average Bonchev–Trinajstić information content (AvgIpc) is 3.09. The number of aromatic nitrogens is 2. The van der Waals surface area contributed by atoms with E-state index in [1.807, 2.05) is 30.3 Å². The van der Waals surface area contributed by atoms with Crippen molar-refractivity contribution in [2.75, 3.05) is 13.1 Å². The summed E-state index contributed by atoms with van der Waals surface area (Å²) >= 11 is 0. The van der Waals surface area contributed by atoms with Crippen LogP contribution in [0, 0.1) is 5.92 Å². The topological polar surface area (TPSA) is 96.5 Å². The molecule has 2 aromatic rings. The van der Waals surface area contributed by atoms with Gasteiger partial charge in [-0.1, -0.05) is 18.2 Å². The lowest BCUT2D eigenvalue weighted by Gasteiger charge is -2.30. The van der Waals surface area contributed by atoms with Crippen molar-refractivity contribution >= 4 is 11.9 Å². The summed E-state index contributed by atoms with van der Waals surface area (Å²) in [6.45, 7) is 0.898. The summed E-state index contributed by atoms with van der Waals surface area (Å²) in [5.41, 5.74) is 0.836. The van der Waals surface area contributed by atoms with Crippen LogP contribution in [0.1, 0.15) is 25.2 Å². The van der Waals surface area contributed by atoms with E-state index in [2.05, 4.69) is 10.2 Å². The van der Waals surface area contributed by atoms with Crippen LogP contribution in [0.5, 0.6) is 0 Å². The van der Waals surface area contributed by atoms with Gasteiger partial charge in [-0.3, -0.25) is 9.59 Å². The second kappa shape index (κ2) is 7.25. The maximum atomic E-state index is 12.3. The molecule has 1 aromatic heterocycles. The fourth-order valence-corrected chi connectivity index (χ4v) is 2.83. The molecule has 1 aliphatic rings. The SMILES string of the molecule is O=C(O)[C@H]1CCCN(C(=O)CCc2nnc(-c3ccccc3)o2)C1. The second-order valence-electron chi connectivity index (χ2n) is 5.88. The van der Waals surface area contributed by atoms with Crippen LogP contribution in [0.2, 0.25) is 0 Å². The summed E-state index contributed by atoms with van der Waals surface area (Å²) in [4.78, 5) is 24.9. The summed E-state index contributed by atoms with van der Waals surface area (Å²) in [6, 6.07) is 9.43. The summed E-state index contributed by atoms with van der Waals surface area (Å²) < 4.78 is 5.58. The monoisotopic (exact) mass is 329 g/mol. The molecule has 0 spiro atoms. The molecular formula is C17H19N3O4. The van der Waals surface area contributed by atoms with Gasteiger partial charge in [-0.25, -0.2) is 0 Å². The number of aliphatic carboxylic acids is 1. The highest BCUT2D eigenvalue weighted by molar-refractivity contribution is 5.78. The Bertz CT molecular complexity index is 714. The molecule has 1 aromatic carbocycles. The van der Waals surface area contributed by atoms with Crippen LogP contribution in [0.15, 0.2) is 34.7 Å². The Kier molecular flexibility index (Phi) is 4.88. The molecule has 1 N–H and O–H groups in total. The Balaban J connectivity index is 1.55.